The Kier molecular flexibility index (Phi) is 5.37. The van der Waals surface area contributed by atoms with Gasteiger partial charge in [-0.15, -0.1) is 0 Å². The van der Waals surface area contributed by atoms with E-state index >= 15 is 0 Å². The number of rotatable bonds is 5. The van der Waals surface area contributed by atoms with Crippen molar-refractivity contribution in [2.45, 2.75) is 38.5 Å². The molecule has 1 aromatic rings. The first-order valence-electron chi connectivity index (χ1n) is 7.02. The highest BCUT2D eigenvalue weighted by Crippen LogP contribution is 2.15. The van der Waals surface area contributed by atoms with E-state index < -0.39 is 6.09 Å². The molecule has 112 valence electrons. The first kappa shape index (κ1) is 15.1. The molecule has 2 atom stereocenters. The molecule has 0 radical (unpaired) electrons. The summed E-state index contributed by atoms with van der Waals surface area (Å²) in [5.74, 6) is -0.239. The maximum atomic E-state index is 11.7. The zero-order valence-corrected chi connectivity index (χ0v) is 12.0. The topological polar surface area (TPSA) is 64.6 Å². The lowest BCUT2D eigenvalue weighted by atomic mass is 10.2. The maximum Gasteiger partial charge on any atom is 0.407 e. The van der Waals surface area contributed by atoms with Gasteiger partial charge < -0.3 is 14.8 Å². The van der Waals surface area contributed by atoms with E-state index in [1.54, 1.807) is 13.0 Å². The standard InChI is InChI=1S/C16H19NO4/c1-2-15(18)21-14-9-8-13(10-14)17-16(19)20-11-12-6-4-3-5-7-12/h3-9,13-14H,2,10-11H2,1H3,(H,17,19). The molecule has 1 amide bonds. The van der Waals surface area contributed by atoms with E-state index in [2.05, 4.69) is 5.32 Å². The van der Waals surface area contributed by atoms with Gasteiger partial charge in [0.1, 0.15) is 12.7 Å². The second-order valence-corrected chi connectivity index (χ2v) is 4.82. The van der Waals surface area contributed by atoms with Crippen molar-refractivity contribution in [2.24, 2.45) is 0 Å². The molecule has 1 aliphatic carbocycles. The van der Waals surface area contributed by atoms with Crippen molar-refractivity contribution in [1.82, 2.24) is 5.32 Å². The normalized spacial score (nSPS) is 20.0. The van der Waals surface area contributed by atoms with Crippen LogP contribution in [0.15, 0.2) is 42.5 Å². The summed E-state index contributed by atoms with van der Waals surface area (Å²) in [5.41, 5.74) is 0.935. The number of carbonyl (C=O) groups is 2. The highest BCUT2D eigenvalue weighted by Gasteiger charge is 2.23. The molecule has 5 nitrogen and oxygen atoms in total. The third-order valence-corrected chi connectivity index (χ3v) is 3.13. The van der Waals surface area contributed by atoms with Gasteiger partial charge in [0.25, 0.3) is 0 Å². The highest BCUT2D eigenvalue weighted by molar-refractivity contribution is 5.70. The summed E-state index contributed by atoms with van der Waals surface area (Å²) in [4.78, 5) is 22.9. The molecule has 2 unspecified atom stereocenters. The average molecular weight is 289 g/mol. The molecular weight excluding hydrogens is 270 g/mol. The quantitative estimate of drug-likeness (QED) is 0.668. The van der Waals surface area contributed by atoms with Crippen molar-refractivity contribution in [3.63, 3.8) is 0 Å². The summed E-state index contributed by atoms with van der Waals surface area (Å²) in [6.45, 7) is 1.98. The zero-order chi connectivity index (χ0) is 15.1. The van der Waals surface area contributed by atoms with Crippen molar-refractivity contribution >= 4 is 12.1 Å². The van der Waals surface area contributed by atoms with Crippen molar-refractivity contribution < 1.29 is 19.1 Å². The fourth-order valence-corrected chi connectivity index (χ4v) is 2.03. The van der Waals surface area contributed by atoms with E-state index in [4.69, 9.17) is 9.47 Å². The van der Waals surface area contributed by atoms with Gasteiger partial charge in [0.15, 0.2) is 0 Å². The van der Waals surface area contributed by atoms with Crippen LogP contribution in [0.4, 0.5) is 4.79 Å². The van der Waals surface area contributed by atoms with Gasteiger partial charge in [0.05, 0.1) is 6.04 Å². The number of ether oxygens (including phenoxy) is 2. The summed E-state index contributed by atoms with van der Waals surface area (Å²) in [6, 6.07) is 9.31. The molecule has 0 bridgehead atoms. The Balaban J connectivity index is 1.70. The summed E-state index contributed by atoms with van der Waals surface area (Å²) < 4.78 is 10.3. The summed E-state index contributed by atoms with van der Waals surface area (Å²) in [6.07, 6.45) is 3.76. The van der Waals surface area contributed by atoms with E-state index in [-0.39, 0.29) is 24.7 Å². The fraction of sp³-hybridized carbons (Fsp3) is 0.375. The molecule has 0 aliphatic heterocycles. The minimum atomic E-state index is -0.476. The Bertz CT molecular complexity index is 512. The number of esters is 1. The van der Waals surface area contributed by atoms with Crippen molar-refractivity contribution in [3.8, 4) is 0 Å². The predicted octanol–water partition coefficient (Wildman–Crippen LogP) is 2.56. The van der Waals surface area contributed by atoms with Crippen LogP contribution >= 0.6 is 0 Å². The first-order valence-corrected chi connectivity index (χ1v) is 7.02. The molecule has 0 fully saturated rings. The third-order valence-electron chi connectivity index (χ3n) is 3.13. The van der Waals surface area contributed by atoms with Gasteiger partial charge in [0.2, 0.25) is 0 Å². The molecular formula is C16H19NO4. The average Bonchev–Trinajstić information content (AvgIpc) is 2.93. The molecule has 5 heteroatoms. The summed E-state index contributed by atoms with van der Waals surface area (Å²) >= 11 is 0. The molecule has 1 aromatic carbocycles. The molecule has 0 saturated heterocycles. The van der Waals surface area contributed by atoms with E-state index in [9.17, 15) is 9.59 Å². The van der Waals surface area contributed by atoms with Crippen LogP contribution < -0.4 is 5.32 Å². The summed E-state index contributed by atoms with van der Waals surface area (Å²) in [7, 11) is 0. The Morgan fingerprint density at radius 2 is 2.00 bits per heavy atom. The number of benzene rings is 1. The van der Waals surface area contributed by atoms with Crippen molar-refractivity contribution in [3.05, 3.63) is 48.0 Å². The van der Waals surface area contributed by atoms with Crippen molar-refractivity contribution in [2.75, 3.05) is 0 Å². The molecule has 2 rings (SSSR count). The van der Waals surface area contributed by atoms with Crippen LogP contribution in [-0.4, -0.2) is 24.2 Å². The highest BCUT2D eigenvalue weighted by atomic mass is 16.6. The van der Waals surface area contributed by atoms with E-state index in [0.717, 1.165) is 5.56 Å². The SMILES string of the molecule is CCC(=O)OC1C=CC(NC(=O)OCc2ccccc2)C1. The van der Waals surface area contributed by atoms with Crippen LogP contribution in [0.1, 0.15) is 25.3 Å². The number of amides is 1. The van der Waals surface area contributed by atoms with Gasteiger partial charge >= 0.3 is 12.1 Å². The second-order valence-electron chi connectivity index (χ2n) is 4.82. The number of hydrogen-bond donors (Lipinski definition) is 1. The Labute approximate surface area is 123 Å². The van der Waals surface area contributed by atoms with Gasteiger partial charge in [-0.1, -0.05) is 43.3 Å². The minimum absolute atomic E-state index is 0.164. The monoisotopic (exact) mass is 289 g/mol. The van der Waals surface area contributed by atoms with E-state index in [1.807, 2.05) is 36.4 Å². The fourth-order valence-electron chi connectivity index (χ4n) is 2.03. The third kappa shape index (κ3) is 4.95. The van der Waals surface area contributed by atoms with Crippen molar-refractivity contribution in [1.29, 1.82) is 0 Å². The Morgan fingerprint density at radius 3 is 2.71 bits per heavy atom. The largest absolute Gasteiger partial charge is 0.458 e. The molecule has 0 spiro atoms. The number of carbonyl (C=O) groups excluding carboxylic acids is 2. The zero-order valence-electron chi connectivity index (χ0n) is 12.0. The van der Waals surface area contributed by atoms with Gasteiger partial charge in [-0.2, -0.15) is 0 Å². The predicted molar refractivity (Wildman–Crippen MR) is 77.5 cm³/mol. The molecule has 1 aliphatic rings. The lowest BCUT2D eigenvalue weighted by molar-refractivity contribution is -0.146. The smallest absolute Gasteiger partial charge is 0.407 e. The van der Waals surface area contributed by atoms with E-state index in [1.165, 1.54) is 0 Å². The number of nitrogens with one attached hydrogen (secondary N) is 1. The van der Waals surface area contributed by atoms with Crippen LogP contribution in [0.3, 0.4) is 0 Å². The lowest BCUT2D eigenvalue weighted by Gasteiger charge is -2.14. The van der Waals surface area contributed by atoms with Crippen LogP contribution in [0.25, 0.3) is 0 Å². The molecule has 0 aromatic heterocycles. The van der Waals surface area contributed by atoms with Gasteiger partial charge in [0, 0.05) is 12.8 Å². The molecule has 21 heavy (non-hydrogen) atoms. The molecule has 0 saturated carbocycles. The van der Waals surface area contributed by atoms with Crippen LogP contribution in [0.2, 0.25) is 0 Å². The maximum absolute atomic E-state index is 11.7. The molecule has 0 heterocycles. The lowest BCUT2D eigenvalue weighted by Crippen LogP contribution is -2.34. The Hall–Kier alpha value is -2.30. The minimum Gasteiger partial charge on any atom is -0.458 e. The van der Waals surface area contributed by atoms with Crippen LogP contribution in [0, 0.1) is 0 Å². The second kappa shape index (κ2) is 7.47. The van der Waals surface area contributed by atoms with Gasteiger partial charge in [-0.25, -0.2) is 4.79 Å². The van der Waals surface area contributed by atoms with Crippen LogP contribution in [-0.2, 0) is 20.9 Å². The van der Waals surface area contributed by atoms with Gasteiger partial charge in [-0.05, 0) is 11.6 Å². The number of alkyl carbamates (subject to hydrolysis) is 1. The van der Waals surface area contributed by atoms with E-state index in [0.29, 0.717) is 12.8 Å². The van der Waals surface area contributed by atoms with Crippen LogP contribution in [0.5, 0.6) is 0 Å². The van der Waals surface area contributed by atoms with Gasteiger partial charge in [-0.3, -0.25) is 4.79 Å². The number of hydrogen-bond acceptors (Lipinski definition) is 4. The molecule has 1 N–H and O–H groups in total. The Morgan fingerprint density at radius 1 is 1.24 bits per heavy atom. The first-order chi connectivity index (χ1) is 10.2. The summed E-state index contributed by atoms with van der Waals surface area (Å²) in [5, 5.41) is 2.73.